The van der Waals surface area contributed by atoms with Gasteiger partial charge in [0.05, 0.1) is 22.0 Å². The maximum absolute atomic E-state index is 13.0. The lowest BCUT2D eigenvalue weighted by molar-refractivity contribution is -0.112. The maximum atomic E-state index is 13.0. The fourth-order valence-corrected chi connectivity index (χ4v) is 4.08. The number of allylic oxidation sites excluding steroid dienone is 4. The molecule has 1 heterocycles. The molecule has 1 aromatic rings. The largest absolute Gasteiger partial charge is 0.769 e. The molecule has 1 amide bonds. The van der Waals surface area contributed by atoms with Gasteiger partial charge in [-0.05, 0) is 50.1 Å². The van der Waals surface area contributed by atoms with E-state index in [1.807, 2.05) is 0 Å². The van der Waals surface area contributed by atoms with E-state index >= 15 is 0 Å². The lowest BCUT2D eigenvalue weighted by atomic mass is 10.1. The van der Waals surface area contributed by atoms with E-state index in [1.165, 1.54) is 26.0 Å². The first kappa shape index (κ1) is 23.4. The molecule has 0 unspecified atom stereocenters. The molecule has 0 bridgehead atoms. The number of nitrogens with zero attached hydrogens (tertiary/aromatic N) is 5. The van der Waals surface area contributed by atoms with Crippen molar-refractivity contribution in [3.8, 4) is 0 Å². The normalized spacial score (nSPS) is 19.5. The molecule has 0 aromatic heterocycles. The lowest BCUT2D eigenvalue weighted by Crippen LogP contribution is -2.29. The number of Topliss-reactive ketones (excluding diaryl/α,β-unsaturated/α-hetero) is 1. The summed E-state index contributed by atoms with van der Waals surface area (Å²) in [6.45, 7) is 4.59. The Morgan fingerprint density at radius 2 is 1.78 bits per heavy atom. The molecule has 3 rings (SSSR count). The number of anilines is 1. The summed E-state index contributed by atoms with van der Waals surface area (Å²) >= 11 is 5.80. The van der Waals surface area contributed by atoms with Gasteiger partial charge in [-0.15, -0.1) is 10.2 Å². The van der Waals surface area contributed by atoms with E-state index in [0.717, 1.165) is 17.2 Å². The smallest absolute Gasteiger partial charge is 0.301 e. The molecular formula is C18H15ClN6O6S-2. The molecule has 1 aliphatic carbocycles. The van der Waals surface area contributed by atoms with Gasteiger partial charge in [-0.1, -0.05) is 17.7 Å². The van der Waals surface area contributed by atoms with Gasteiger partial charge in [0.2, 0.25) is 15.8 Å². The standard InChI is InChI=1S/C18H15ClN6O6S/c1-8-4-5-14(32(20,30)31)9(2)16(8)24-18(27)15(10(3)23-24)22-21-12-6-11(19)7-13(17(12)26)25(28)29/h4-7H,1-3H3,(H2,20,30,31)/q-2. The number of hydrogen-bond acceptors (Lipinski definition) is 10. The summed E-state index contributed by atoms with van der Waals surface area (Å²) in [6.07, 6.45) is 1.96. The molecular weight excluding hydrogens is 464 g/mol. The third-order valence-corrected chi connectivity index (χ3v) is 5.83. The Kier molecular flexibility index (Phi) is 6.13. The van der Waals surface area contributed by atoms with E-state index in [0.29, 0.717) is 5.56 Å². The van der Waals surface area contributed by atoms with Crippen LogP contribution in [0.5, 0.6) is 0 Å². The Labute approximate surface area is 187 Å². The van der Waals surface area contributed by atoms with Crippen molar-refractivity contribution in [2.24, 2.45) is 20.4 Å². The first-order chi connectivity index (χ1) is 14.8. The monoisotopic (exact) mass is 478 g/mol. The zero-order valence-electron chi connectivity index (χ0n) is 16.9. The summed E-state index contributed by atoms with van der Waals surface area (Å²) in [4.78, 5) is 25.0. The summed E-state index contributed by atoms with van der Waals surface area (Å²) in [7, 11) is -4.05. The second kappa shape index (κ2) is 8.37. The van der Waals surface area contributed by atoms with Crippen molar-refractivity contribution < 1.29 is 18.0 Å². The summed E-state index contributed by atoms with van der Waals surface area (Å²) < 4.78 is 23.7. The molecule has 12 nitrogen and oxygen atoms in total. The number of nitrogens with two attached hydrogens (primary N) is 1. The minimum absolute atomic E-state index is 0.105. The van der Waals surface area contributed by atoms with Gasteiger partial charge in [-0.3, -0.25) is 9.59 Å². The SMILES string of the molecule is CC1=NN(c2c(C)ccc(S(N)(=O)=O)c2C)C(=O)C1=NN=C1C=C(Cl)C=C(N([O-])[O-])C1=O. The Bertz CT molecular complexity index is 1310. The second-order valence-electron chi connectivity index (χ2n) is 6.78. The highest BCUT2D eigenvalue weighted by Gasteiger charge is 2.34. The van der Waals surface area contributed by atoms with Crippen LogP contribution < -0.4 is 10.1 Å². The van der Waals surface area contributed by atoms with Crippen molar-refractivity contribution in [3.05, 3.63) is 56.6 Å². The molecule has 0 saturated carbocycles. The van der Waals surface area contributed by atoms with Crippen molar-refractivity contribution in [1.82, 2.24) is 5.23 Å². The number of carbonyl (C=O) groups is 2. The van der Waals surface area contributed by atoms with Gasteiger partial charge in [0, 0.05) is 5.03 Å². The summed E-state index contributed by atoms with van der Waals surface area (Å²) in [5.41, 5.74) is -0.372. The van der Waals surface area contributed by atoms with Crippen molar-refractivity contribution in [2.75, 3.05) is 5.01 Å². The van der Waals surface area contributed by atoms with Crippen LogP contribution in [0, 0.1) is 24.3 Å². The third-order valence-electron chi connectivity index (χ3n) is 4.56. The molecule has 0 spiro atoms. The van der Waals surface area contributed by atoms with Crippen LogP contribution in [0.2, 0.25) is 0 Å². The van der Waals surface area contributed by atoms with Gasteiger partial charge in [0.25, 0.3) is 0 Å². The highest BCUT2D eigenvalue weighted by atomic mass is 35.5. The average Bonchev–Trinajstić information content (AvgIpc) is 2.94. The van der Waals surface area contributed by atoms with E-state index in [2.05, 4.69) is 15.3 Å². The predicted molar refractivity (Wildman–Crippen MR) is 118 cm³/mol. The summed E-state index contributed by atoms with van der Waals surface area (Å²) in [5, 5.41) is 38.7. The zero-order valence-corrected chi connectivity index (χ0v) is 18.4. The molecule has 2 N–H and O–H groups in total. The van der Waals surface area contributed by atoms with Crippen LogP contribution in [0.15, 0.2) is 55.2 Å². The number of ketones is 1. The predicted octanol–water partition coefficient (Wildman–Crippen LogP) is 1.36. The highest BCUT2D eigenvalue weighted by Crippen LogP contribution is 2.32. The van der Waals surface area contributed by atoms with Gasteiger partial charge in [-0.25, -0.2) is 13.6 Å². The van der Waals surface area contributed by atoms with Gasteiger partial charge >= 0.3 is 5.91 Å². The molecule has 0 radical (unpaired) electrons. The molecule has 1 aliphatic heterocycles. The van der Waals surface area contributed by atoms with Gasteiger partial charge in [0.15, 0.2) is 5.71 Å². The molecule has 2 aliphatic rings. The Morgan fingerprint density at radius 3 is 2.38 bits per heavy atom. The summed E-state index contributed by atoms with van der Waals surface area (Å²) in [5.74, 6) is -1.76. The topological polar surface area (TPSA) is 184 Å². The van der Waals surface area contributed by atoms with Crippen LogP contribution in [0.3, 0.4) is 0 Å². The molecule has 1 aromatic carbocycles. The number of sulfonamides is 1. The molecule has 168 valence electrons. The Balaban J connectivity index is 2.02. The number of benzene rings is 1. The van der Waals surface area contributed by atoms with Crippen LogP contribution in [-0.2, 0) is 19.6 Å². The van der Waals surface area contributed by atoms with Crippen LogP contribution in [0.1, 0.15) is 18.1 Å². The number of primary sulfonamides is 1. The number of halogens is 1. The molecule has 32 heavy (non-hydrogen) atoms. The Morgan fingerprint density at radius 1 is 1.12 bits per heavy atom. The van der Waals surface area contributed by atoms with E-state index in [9.17, 15) is 28.4 Å². The lowest BCUT2D eigenvalue weighted by Gasteiger charge is -2.39. The number of rotatable bonds is 4. The van der Waals surface area contributed by atoms with Crippen LogP contribution in [0.25, 0.3) is 0 Å². The first-order valence-electron chi connectivity index (χ1n) is 8.79. The van der Waals surface area contributed by atoms with Crippen molar-refractivity contribution in [1.29, 1.82) is 0 Å². The first-order valence-corrected chi connectivity index (χ1v) is 10.7. The molecule has 0 saturated heterocycles. The maximum Gasteiger partial charge on any atom is 0.301 e. The minimum Gasteiger partial charge on any atom is -0.769 e. The van der Waals surface area contributed by atoms with Gasteiger partial charge in [0.1, 0.15) is 5.71 Å². The van der Waals surface area contributed by atoms with Crippen molar-refractivity contribution in [2.45, 2.75) is 25.7 Å². The fourth-order valence-electron chi connectivity index (χ4n) is 3.09. The van der Waals surface area contributed by atoms with Crippen LogP contribution in [-0.4, -0.2) is 42.5 Å². The van der Waals surface area contributed by atoms with E-state index in [4.69, 9.17) is 16.7 Å². The van der Waals surface area contributed by atoms with Crippen LogP contribution >= 0.6 is 11.6 Å². The quantitative estimate of drug-likeness (QED) is 0.499. The van der Waals surface area contributed by atoms with Crippen molar-refractivity contribution in [3.63, 3.8) is 0 Å². The summed E-state index contributed by atoms with van der Waals surface area (Å²) in [6, 6.07) is 2.81. The van der Waals surface area contributed by atoms with Gasteiger partial charge in [-0.2, -0.15) is 10.1 Å². The highest BCUT2D eigenvalue weighted by molar-refractivity contribution is 7.89. The average molecular weight is 479 g/mol. The number of carbonyl (C=O) groups excluding carboxylic acids is 2. The second-order valence-corrected chi connectivity index (χ2v) is 8.75. The third kappa shape index (κ3) is 4.24. The molecule has 14 heteroatoms. The molecule has 0 atom stereocenters. The van der Waals surface area contributed by atoms with Crippen LogP contribution in [0.4, 0.5) is 5.69 Å². The Hall–Kier alpha value is -3.23. The van der Waals surface area contributed by atoms with E-state index in [1.54, 1.807) is 6.92 Å². The minimum atomic E-state index is -4.05. The zero-order chi connectivity index (χ0) is 24.0. The number of aryl methyl sites for hydroxylation is 1. The van der Waals surface area contributed by atoms with Gasteiger partial charge < -0.3 is 15.6 Å². The van der Waals surface area contributed by atoms with E-state index < -0.39 is 38.3 Å². The van der Waals surface area contributed by atoms with E-state index in [-0.39, 0.29) is 32.6 Å². The number of hydroxylamine groups is 2. The number of hydrogen-bond donors (Lipinski definition) is 1. The number of amides is 1. The van der Waals surface area contributed by atoms with Crippen molar-refractivity contribution >= 4 is 56.1 Å². The number of hydrazone groups is 1. The molecule has 0 fully saturated rings. The fraction of sp³-hybridized carbons (Fsp3) is 0.167.